The Balaban J connectivity index is 1.67. The first-order valence-electron chi connectivity index (χ1n) is 8.86. The van der Waals surface area contributed by atoms with E-state index in [-0.39, 0.29) is 0 Å². The zero-order valence-electron chi connectivity index (χ0n) is 14.4. The fraction of sp³-hybridized carbons (Fsp3) is 0.706. The minimum absolute atomic E-state index is 0.442. The van der Waals surface area contributed by atoms with Crippen molar-refractivity contribution in [2.24, 2.45) is 11.8 Å². The van der Waals surface area contributed by atoms with Gasteiger partial charge in [-0.25, -0.2) is 4.98 Å². The number of aromatic nitrogens is 2. The zero-order valence-corrected chi connectivity index (χ0v) is 16.0. The fourth-order valence-electron chi connectivity index (χ4n) is 3.87. The van der Waals surface area contributed by atoms with E-state index in [1.807, 2.05) is 6.07 Å². The van der Waals surface area contributed by atoms with E-state index in [0.29, 0.717) is 34.1 Å². The summed E-state index contributed by atoms with van der Waals surface area (Å²) in [4.78, 5) is 11.2. The zero-order chi connectivity index (χ0) is 17.1. The van der Waals surface area contributed by atoms with Crippen molar-refractivity contribution in [1.29, 1.82) is 0 Å². The predicted molar refractivity (Wildman–Crippen MR) is 104 cm³/mol. The quantitative estimate of drug-likeness (QED) is 0.625. The van der Waals surface area contributed by atoms with E-state index < -0.39 is 0 Å². The van der Waals surface area contributed by atoms with Crippen LogP contribution in [0.2, 0.25) is 5.15 Å². The summed E-state index contributed by atoms with van der Waals surface area (Å²) in [7, 11) is 0. The number of nitrogens with zero attached hydrogens (tertiary/aromatic N) is 3. The van der Waals surface area contributed by atoms with Crippen LogP contribution in [-0.2, 0) is 0 Å². The van der Waals surface area contributed by atoms with Gasteiger partial charge in [0.15, 0.2) is 5.11 Å². The van der Waals surface area contributed by atoms with Gasteiger partial charge in [0.1, 0.15) is 11.0 Å². The van der Waals surface area contributed by atoms with E-state index in [0.717, 1.165) is 18.9 Å². The van der Waals surface area contributed by atoms with Gasteiger partial charge < -0.3 is 15.5 Å². The normalized spacial score (nSPS) is 24.9. The second-order valence-electron chi connectivity index (χ2n) is 7.30. The van der Waals surface area contributed by atoms with Gasteiger partial charge in [-0.3, -0.25) is 0 Å². The molecule has 3 rings (SSSR count). The molecule has 0 amide bonds. The van der Waals surface area contributed by atoms with Crippen molar-refractivity contribution in [2.45, 2.75) is 52.0 Å². The Kier molecular flexibility index (Phi) is 5.76. The van der Waals surface area contributed by atoms with Gasteiger partial charge in [0, 0.05) is 25.2 Å². The third kappa shape index (κ3) is 4.70. The van der Waals surface area contributed by atoms with E-state index >= 15 is 0 Å². The fourth-order valence-corrected chi connectivity index (χ4v) is 4.30. The first-order chi connectivity index (χ1) is 11.5. The van der Waals surface area contributed by atoms with Gasteiger partial charge in [0.05, 0.1) is 0 Å². The number of hydrogen-bond acceptors (Lipinski definition) is 4. The van der Waals surface area contributed by atoms with Crippen molar-refractivity contribution in [1.82, 2.24) is 15.3 Å². The molecular formula is C17H26ClN5S. The maximum atomic E-state index is 6.21. The molecule has 7 heteroatoms. The summed E-state index contributed by atoms with van der Waals surface area (Å²) < 4.78 is 0. The Labute approximate surface area is 154 Å². The molecule has 0 radical (unpaired) electrons. The van der Waals surface area contributed by atoms with E-state index in [1.165, 1.54) is 32.1 Å². The Bertz CT molecular complexity index is 580. The van der Waals surface area contributed by atoms with Gasteiger partial charge in [0.25, 0.3) is 0 Å². The van der Waals surface area contributed by atoms with E-state index in [4.69, 9.17) is 23.8 Å². The molecule has 0 unspecified atom stereocenters. The average Bonchev–Trinajstić information content (AvgIpc) is 2.98. The lowest BCUT2D eigenvalue weighted by molar-refractivity contribution is 0.355. The van der Waals surface area contributed by atoms with Crippen LogP contribution in [0.1, 0.15) is 46.0 Å². The molecule has 2 atom stereocenters. The van der Waals surface area contributed by atoms with Gasteiger partial charge >= 0.3 is 0 Å². The maximum absolute atomic E-state index is 6.21. The van der Waals surface area contributed by atoms with Crippen molar-refractivity contribution in [2.75, 3.05) is 23.3 Å². The van der Waals surface area contributed by atoms with Crippen LogP contribution in [0.3, 0.4) is 0 Å². The van der Waals surface area contributed by atoms with Crippen molar-refractivity contribution in [3.8, 4) is 0 Å². The smallest absolute Gasteiger partial charge is 0.232 e. The van der Waals surface area contributed by atoms with Crippen LogP contribution in [0, 0.1) is 11.8 Å². The number of hydrogen-bond donors (Lipinski definition) is 2. The van der Waals surface area contributed by atoms with Crippen LogP contribution >= 0.6 is 23.8 Å². The van der Waals surface area contributed by atoms with Crippen LogP contribution in [0.25, 0.3) is 0 Å². The minimum atomic E-state index is 0.442. The summed E-state index contributed by atoms with van der Waals surface area (Å²) in [5.74, 6) is 2.66. The van der Waals surface area contributed by atoms with Gasteiger partial charge in [0.2, 0.25) is 5.95 Å². The second kappa shape index (κ2) is 7.83. The van der Waals surface area contributed by atoms with Crippen molar-refractivity contribution in [3.05, 3.63) is 11.2 Å². The van der Waals surface area contributed by atoms with Gasteiger partial charge in [-0.15, -0.1) is 0 Å². The number of anilines is 2. The average molecular weight is 368 g/mol. The minimum Gasteiger partial charge on any atom is -0.360 e. The summed E-state index contributed by atoms with van der Waals surface area (Å²) in [5.41, 5.74) is 0. The highest BCUT2D eigenvalue weighted by atomic mass is 35.5. The Morgan fingerprint density at radius 1 is 1.21 bits per heavy atom. The number of piperidine rings is 1. The largest absolute Gasteiger partial charge is 0.360 e. The highest BCUT2D eigenvalue weighted by Crippen LogP contribution is 2.27. The topological polar surface area (TPSA) is 53.1 Å². The van der Waals surface area contributed by atoms with Crippen molar-refractivity contribution >= 4 is 40.7 Å². The van der Waals surface area contributed by atoms with Crippen LogP contribution in [0.5, 0.6) is 0 Å². The molecule has 2 N–H and O–H groups in total. The number of halogens is 1. The lowest BCUT2D eigenvalue weighted by Crippen LogP contribution is -2.39. The molecule has 5 nitrogen and oxygen atoms in total. The highest BCUT2D eigenvalue weighted by Gasteiger charge is 2.24. The third-order valence-corrected chi connectivity index (χ3v) is 5.20. The first kappa shape index (κ1) is 17.7. The van der Waals surface area contributed by atoms with Crippen LogP contribution in [0.4, 0.5) is 11.8 Å². The molecule has 1 aromatic rings. The summed E-state index contributed by atoms with van der Waals surface area (Å²) in [6.45, 7) is 6.57. The summed E-state index contributed by atoms with van der Waals surface area (Å²) in [6, 6.07) is 2.30. The molecule has 132 valence electrons. The summed E-state index contributed by atoms with van der Waals surface area (Å²) >= 11 is 11.6. The predicted octanol–water partition coefficient (Wildman–Crippen LogP) is 3.84. The Hall–Kier alpha value is -1.14. The molecule has 2 heterocycles. The van der Waals surface area contributed by atoms with Crippen molar-refractivity contribution in [3.63, 3.8) is 0 Å². The molecule has 24 heavy (non-hydrogen) atoms. The second-order valence-corrected chi connectivity index (χ2v) is 8.10. The van der Waals surface area contributed by atoms with Crippen LogP contribution in [-0.4, -0.2) is 34.2 Å². The molecule has 1 aliphatic carbocycles. The van der Waals surface area contributed by atoms with E-state index in [9.17, 15) is 0 Å². The Morgan fingerprint density at radius 3 is 2.54 bits per heavy atom. The molecule has 0 aromatic carbocycles. The van der Waals surface area contributed by atoms with Gasteiger partial charge in [-0.1, -0.05) is 38.3 Å². The highest BCUT2D eigenvalue weighted by molar-refractivity contribution is 7.80. The molecule has 1 aliphatic heterocycles. The summed E-state index contributed by atoms with van der Waals surface area (Å²) in [5, 5.41) is 7.46. The number of nitrogens with one attached hydrogen (secondary N) is 2. The molecule has 2 aliphatic rings. The molecule has 0 spiro atoms. The molecule has 1 saturated heterocycles. The third-order valence-electron chi connectivity index (χ3n) is 4.79. The maximum Gasteiger partial charge on any atom is 0.232 e. The molecular weight excluding hydrogens is 342 g/mol. The van der Waals surface area contributed by atoms with Gasteiger partial charge in [-0.05, 0) is 43.3 Å². The SMILES string of the molecule is C[C@@H]1C[C@@H](C)CN(c2cc(Cl)nc(NC(=S)NC3CCCC3)n2)C1. The number of rotatable bonds is 3. The first-order valence-corrected chi connectivity index (χ1v) is 9.65. The van der Waals surface area contributed by atoms with Crippen LogP contribution in [0.15, 0.2) is 6.07 Å². The van der Waals surface area contributed by atoms with Gasteiger partial charge in [-0.2, -0.15) is 4.98 Å². The van der Waals surface area contributed by atoms with E-state index in [1.54, 1.807) is 0 Å². The standard InChI is InChI=1S/C17H26ClN5S/c1-11-7-12(2)10-23(9-11)15-8-14(18)20-16(21-15)22-17(24)19-13-5-3-4-6-13/h8,11-13H,3-7,9-10H2,1-2H3,(H2,19,20,21,22,24)/t11-,12-/m1/s1. The monoisotopic (exact) mass is 367 g/mol. The van der Waals surface area contributed by atoms with Crippen LogP contribution < -0.4 is 15.5 Å². The molecule has 0 bridgehead atoms. The lowest BCUT2D eigenvalue weighted by Gasteiger charge is -2.35. The molecule has 2 fully saturated rings. The van der Waals surface area contributed by atoms with E-state index in [2.05, 4.69) is 39.3 Å². The lowest BCUT2D eigenvalue weighted by atomic mass is 9.92. The Morgan fingerprint density at radius 2 is 1.88 bits per heavy atom. The number of thiocarbonyl (C=S) groups is 1. The molecule has 1 saturated carbocycles. The molecule has 1 aromatic heterocycles. The summed E-state index contributed by atoms with van der Waals surface area (Å²) in [6.07, 6.45) is 6.14. The van der Waals surface area contributed by atoms with Crippen molar-refractivity contribution < 1.29 is 0 Å².